The summed E-state index contributed by atoms with van der Waals surface area (Å²) in [6.07, 6.45) is 6.02. The first-order chi connectivity index (χ1) is 9.20. The van der Waals surface area contributed by atoms with E-state index in [4.69, 9.17) is 10.8 Å². The molecular formula is C14H23N3O2. The summed E-state index contributed by atoms with van der Waals surface area (Å²) >= 11 is 0. The van der Waals surface area contributed by atoms with E-state index < -0.39 is 0 Å². The average Bonchev–Trinajstić information content (AvgIpc) is 2.85. The number of aromatic nitrogens is 1. The standard InChI is InChI=1S/C14H23N3O2/c15-12-5-6-14(19)17(11-12)9-8-16-7-1-3-13(16)4-2-10-18/h5-6,11,13,18H,1-4,7-10,15H2. The van der Waals surface area contributed by atoms with E-state index in [1.54, 1.807) is 16.8 Å². The Morgan fingerprint density at radius 3 is 3.00 bits per heavy atom. The fraction of sp³-hybridized carbons (Fsp3) is 0.643. The molecule has 2 heterocycles. The lowest BCUT2D eigenvalue weighted by Gasteiger charge is -2.24. The molecule has 1 atom stereocenters. The van der Waals surface area contributed by atoms with Crippen LogP contribution in [0.5, 0.6) is 0 Å². The maximum absolute atomic E-state index is 11.7. The van der Waals surface area contributed by atoms with Crippen molar-refractivity contribution >= 4 is 5.69 Å². The predicted molar refractivity (Wildman–Crippen MR) is 76.0 cm³/mol. The van der Waals surface area contributed by atoms with Gasteiger partial charge in [0.2, 0.25) is 0 Å². The number of pyridine rings is 1. The van der Waals surface area contributed by atoms with Crippen LogP contribution in [-0.4, -0.2) is 40.3 Å². The lowest BCUT2D eigenvalue weighted by atomic mass is 10.1. The van der Waals surface area contributed by atoms with Crippen LogP contribution in [0.25, 0.3) is 0 Å². The van der Waals surface area contributed by atoms with Crippen molar-refractivity contribution < 1.29 is 5.11 Å². The molecule has 1 aromatic heterocycles. The third kappa shape index (κ3) is 3.81. The van der Waals surface area contributed by atoms with Crippen LogP contribution in [0.2, 0.25) is 0 Å². The number of aliphatic hydroxyl groups is 1. The normalized spacial score (nSPS) is 19.9. The van der Waals surface area contributed by atoms with E-state index in [9.17, 15) is 4.79 Å². The third-order valence-corrected chi connectivity index (χ3v) is 3.83. The van der Waals surface area contributed by atoms with Gasteiger partial charge in [-0.1, -0.05) is 0 Å². The van der Waals surface area contributed by atoms with Crippen LogP contribution < -0.4 is 11.3 Å². The number of hydrogen-bond donors (Lipinski definition) is 2. The Kier molecular flexibility index (Phi) is 4.99. The molecule has 0 spiro atoms. The molecule has 1 aromatic rings. The van der Waals surface area contributed by atoms with Crippen LogP contribution in [0.3, 0.4) is 0 Å². The Bertz CT molecular complexity index is 458. The fourth-order valence-electron chi connectivity index (χ4n) is 2.80. The molecule has 2 rings (SSSR count). The first-order valence-electron chi connectivity index (χ1n) is 7.01. The molecule has 1 aliphatic rings. The quantitative estimate of drug-likeness (QED) is 0.793. The topological polar surface area (TPSA) is 71.5 Å². The summed E-state index contributed by atoms with van der Waals surface area (Å²) in [5.41, 5.74) is 6.33. The molecule has 1 aliphatic heterocycles. The minimum atomic E-state index is 0.000283. The first-order valence-corrected chi connectivity index (χ1v) is 7.01. The van der Waals surface area contributed by atoms with Gasteiger partial charge in [0.25, 0.3) is 5.56 Å². The third-order valence-electron chi connectivity index (χ3n) is 3.83. The highest BCUT2D eigenvalue weighted by atomic mass is 16.2. The van der Waals surface area contributed by atoms with Crippen molar-refractivity contribution in [3.8, 4) is 0 Å². The summed E-state index contributed by atoms with van der Waals surface area (Å²) in [7, 11) is 0. The lowest BCUT2D eigenvalue weighted by Crippen LogP contribution is -2.34. The monoisotopic (exact) mass is 265 g/mol. The van der Waals surface area contributed by atoms with Crippen LogP contribution in [0.4, 0.5) is 5.69 Å². The Balaban J connectivity index is 1.90. The van der Waals surface area contributed by atoms with Crippen molar-refractivity contribution in [1.29, 1.82) is 0 Å². The summed E-state index contributed by atoms with van der Waals surface area (Å²) < 4.78 is 1.68. The van der Waals surface area contributed by atoms with Gasteiger partial charge >= 0.3 is 0 Å². The molecule has 1 fully saturated rings. The van der Waals surface area contributed by atoms with Crippen LogP contribution in [0.15, 0.2) is 23.1 Å². The van der Waals surface area contributed by atoms with Crippen molar-refractivity contribution in [2.24, 2.45) is 0 Å². The molecule has 0 radical (unpaired) electrons. The second-order valence-corrected chi connectivity index (χ2v) is 5.19. The molecule has 0 aromatic carbocycles. The highest BCUT2D eigenvalue weighted by Crippen LogP contribution is 2.20. The summed E-state index contributed by atoms with van der Waals surface area (Å²) in [5.74, 6) is 0. The molecule has 5 nitrogen and oxygen atoms in total. The zero-order chi connectivity index (χ0) is 13.7. The second kappa shape index (κ2) is 6.73. The van der Waals surface area contributed by atoms with Gasteiger partial charge in [0.15, 0.2) is 0 Å². The van der Waals surface area contributed by atoms with E-state index in [0.717, 1.165) is 25.9 Å². The van der Waals surface area contributed by atoms with Crippen LogP contribution >= 0.6 is 0 Å². The van der Waals surface area contributed by atoms with Crippen molar-refractivity contribution in [3.63, 3.8) is 0 Å². The summed E-state index contributed by atoms with van der Waals surface area (Å²) in [6, 6.07) is 3.71. The number of aliphatic hydroxyl groups excluding tert-OH is 1. The molecule has 0 saturated carbocycles. The van der Waals surface area contributed by atoms with Gasteiger partial charge in [0.05, 0.1) is 0 Å². The van der Waals surface area contributed by atoms with Crippen molar-refractivity contribution in [3.05, 3.63) is 28.7 Å². The zero-order valence-electron chi connectivity index (χ0n) is 11.3. The number of nitrogens with zero attached hydrogens (tertiary/aromatic N) is 2. The van der Waals surface area contributed by atoms with Crippen LogP contribution in [-0.2, 0) is 6.54 Å². The van der Waals surface area contributed by atoms with Gasteiger partial charge in [0, 0.05) is 43.7 Å². The van der Waals surface area contributed by atoms with E-state index in [1.165, 1.54) is 18.9 Å². The molecule has 0 aliphatic carbocycles. The number of rotatable bonds is 6. The maximum atomic E-state index is 11.7. The van der Waals surface area contributed by atoms with Crippen molar-refractivity contribution in [2.75, 3.05) is 25.4 Å². The van der Waals surface area contributed by atoms with E-state index in [2.05, 4.69) is 4.90 Å². The summed E-state index contributed by atoms with van der Waals surface area (Å²) in [6.45, 7) is 2.91. The first kappa shape index (κ1) is 14.1. The summed E-state index contributed by atoms with van der Waals surface area (Å²) in [4.78, 5) is 14.1. The Hall–Kier alpha value is -1.33. The van der Waals surface area contributed by atoms with Gasteiger partial charge in [-0.25, -0.2) is 0 Å². The molecule has 5 heteroatoms. The Morgan fingerprint density at radius 2 is 2.21 bits per heavy atom. The van der Waals surface area contributed by atoms with Crippen LogP contribution in [0.1, 0.15) is 25.7 Å². The van der Waals surface area contributed by atoms with Crippen molar-refractivity contribution in [2.45, 2.75) is 38.3 Å². The molecule has 19 heavy (non-hydrogen) atoms. The zero-order valence-corrected chi connectivity index (χ0v) is 11.3. The number of likely N-dealkylation sites (tertiary alicyclic amines) is 1. The van der Waals surface area contributed by atoms with E-state index in [1.807, 2.05) is 0 Å². The van der Waals surface area contributed by atoms with Crippen LogP contribution in [0, 0.1) is 0 Å². The largest absolute Gasteiger partial charge is 0.398 e. The number of nitrogens with two attached hydrogens (primary N) is 1. The van der Waals surface area contributed by atoms with Gasteiger partial charge < -0.3 is 15.4 Å². The molecule has 0 amide bonds. The maximum Gasteiger partial charge on any atom is 0.250 e. The minimum Gasteiger partial charge on any atom is -0.398 e. The van der Waals surface area contributed by atoms with Crippen molar-refractivity contribution in [1.82, 2.24) is 9.47 Å². The molecule has 1 unspecified atom stereocenters. The van der Waals surface area contributed by atoms with Gasteiger partial charge in [-0.3, -0.25) is 9.69 Å². The number of hydrogen-bond acceptors (Lipinski definition) is 4. The van der Waals surface area contributed by atoms with E-state index in [0.29, 0.717) is 18.3 Å². The minimum absolute atomic E-state index is 0.000283. The lowest BCUT2D eigenvalue weighted by molar-refractivity contribution is 0.210. The smallest absolute Gasteiger partial charge is 0.250 e. The average molecular weight is 265 g/mol. The SMILES string of the molecule is Nc1ccc(=O)n(CCN2CCCC2CCCO)c1. The Labute approximate surface area is 113 Å². The van der Waals surface area contributed by atoms with Gasteiger partial charge in [-0.05, 0) is 38.3 Å². The molecule has 0 bridgehead atoms. The van der Waals surface area contributed by atoms with Gasteiger partial charge in [-0.15, -0.1) is 0 Å². The van der Waals surface area contributed by atoms with E-state index in [-0.39, 0.29) is 12.2 Å². The number of anilines is 1. The highest BCUT2D eigenvalue weighted by Gasteiger charge is 2.23. The van der Waals surface area contributed by atoms with Gasteiger partial charge in [-0.2, -0.15) is 0 Å². The highest BCUT2D eigenvalue weighted by molar-refractivity contribution is 5.33. The van der Waals surface area contributed by atoms with Gasteiger partial charge in [0.1, 0.15) is 0 Å². The molecule has 1 saturated heterocycles. The second-order valence-electron chi connectivity index (χ2n) is 5.19. The molecule has 106 valence electrons. The fourth-order valence-corrected chi connectivity index (χ4v) is 2.80. The predicted octanol–water partition coefficient (Wildman–Crippen LogP) is 0.667. The number of nitrogen functional groups attached to an aromatic ring is 1. The summed E-state index contributed by atoms with van der Waals surface area (Å²) in [5, 5.41) is 8.91. The Morgan fingerprint density at radius 1 is 1.37 bits per heavy atom. The molecule has 3 N–H and O–H groups in total. The van der Waals surface area contributed by atoms with E-state index >= 15 is 0 Å². The molecular weight excluding hydrogens is 242 g/mol.